The van der Waals surface area contributed by atoms with Crippen LogP contribution in [0.25, 0.3) is 0 Å². The van der Waals surface area contributed by atoms with E-state index < -0.39 is 0 Å². The van der Waals surface area contributed by atoms with Gasteiger partial charge in [0, 0.05) is 34.7 Å². The Bertz CT molecular complexity index is 730. The molecule has 2 aromatic rings. The van der Waals surface area contributed by atoms with E-state index in [-0.39, 0.29) is 11.9 Å². The Kier molecular flexibility index (Phi) is 7.11. The normalized spacial score (nSPS) is 15.8. The van der Waals surface area contributed by atoms with E-state index >= 15 is 0 Å². The maximum atomic E-state index is 12.8. The molecule has 1 N–H and O–H groups in total. The molecule has 0 spiro atoms. The lowest BCUT2D eigenvalue weighted by molar-refractivity contribution is 0.0907. The molecule has 1 saturated heterocycles. The van der Waals surface area contributed by atoms with Crippen LogP contribution in [-0.2, 0) is 0 Å². The summed E-state index contributed by atoms with van der Waals surface area (Å²) in [6.45, 7) is 5.48. The quantitative estimate of drug-likeness (QED) is 0.722. The predicted molar refractivity (Wildman–Crippen MR) is 110 cm³/mol. The van der Waals surface area contributed by atoms with Crippen molar-refractivity contribution in [1.29, 1.82) is 0 Å². The Morgan fingerprint density at radius 3 is 2.69 bits per heavy atom. The van der Waals surface area contributed by atoms with Crippen LogP contribution in [0.2, 0.25) is 0 Å². The van der Waals surface area contributed by atoms with Gasteiger partial charge < -0.3 is 10.2 Å². The zero-order valence-corrected chi connectivity index (χ0v) is 17.4. The van der Waals surface area contributed by atoms with Gasteiger partial charge in [-0.25, -0.2) is 4.98 Å². The van der Waals surface area contributed by atoms with E-state index in [1.54, 1.807) is 6.20 Å². The summed E-state index contributed by atoms with van der Waals surface area (Å²) in [4.78, 5) is 20.8. The molecule has 0 bridgehead atoms. The Hall–Kier alpha value is -1.37. The SMILES string of the molecule is CCCN1CCC(NC(=O)c2cccnc2Sc2ccc(Br)cc2)CC1. The van der Waals surface area contributed by atoms with Gasteiger partial charge in [0.05, 0.1) is 5.56 Å². The molecule has 4 nitrogen and oxygen atoms in total. The average molecular weight is 434 g/mol. The van der Waals surface area contributed by atoms with Gasteiger partial charge in [-0.2, -0.15) is 0 Å². The molecular formula is C20H24BrN3OS. The summed E-state index contributed by atoms with van der Waals surface area (Å²) in [5.41, 5.74) is 0.649. The van der Waals surface area contributed by atoms with Crippen molar-refractivity contribution >= 4 is 33.6 Å². The highest BCUT2D eigenvalue weighted by molar-refractivity contribution is 9.10. The molecule has 26 heavy (non-hydrogen) atoms. The van der Waals surface area contributed by atoms with Gasteiger partial charge in [-0.05, 0) is 62.2 Å². The van der Waals surface area contributed by atoms with Crippen molar-refractivity contribution in [2.75, 3.05) is 19.6 Å². The van der Waals surface area contributed by atoms with Crippen LogP contribution in [0.3, 0.4) is 0 Å². The Morgan fingerprint density at radius 1 is 1.27 bits per heavy atom. The molecule has 1 aliphatic heterocycles. The lowest BCUT2D eigenvalue weighted by Crippen LogP contribution is -2.44. The number of halogens is 1. The van der Waals surface area contributed by atoms with Crippen LogP contribution in [-0.4, -0.2) is 41.5 Å². The predicted octanol–water partition coefficient (Wildman–Crippen LogP) is 4.60. The van der Waals surface area contributed by atoms with Crippen molar-refractivity contribution < 1.29 is 4.79 Å². The van der Waals surface area contributed by atoms with Crippen LogP contribution in [0.15, 0.2) is 57.0 Å². The second-order valence-corrected chi connectivity index (χ2v) is 8.48. The van der Waals surface area contributed by atoms with Gasteiger partial charge in [0.25, 0.3) is 5.91 Å². The molecule has 0 unspecified atom stereocenters. The molecule has 2 heterocycles. The monoisotopic (exact) mass is 433 g/mol. The number of hydrogen-bond acceptors (Lipinski definition) is 4. The summed E-state index contributed by atoms with van der Waals surface area (Å²) < 4.78 is 1.04. The second-order valence-electron chi connectivity index (χ2n) is 6.50. The smallest absolute Gasteiger partial charge is 0.254 e. The summed E-state index contributed by atoms with van der Waals surface area (Å²) >= 11 is 4.96. The Labute approximate surface area is 167 Å². The number of nitrogens with zero attached hydrogens (tertiary/aromatic N) is 2. The van der Waals surface area contributed by atoms with Gasteiger partial charge >= 0.3 is 0 Å². The van der Waals surface area contributed by atoms with E-state index in [1.165, 1.54) is 18.2 Å². The molecule has 0 atom stereocenters. The molecule has 6 heteroatoms. The third-order valence-corrected chi connectivity index (χ3v) is 6.06. The fourth-order valence-corrected chi connectivity index (χ4v) is 4.28. The number of rotatable bonds is 6. The third kappa shape index (κ3) is 5.32. The zero-order valence-electron chi connectivity index (χ0n) is 15.0. The zero-order chi connectivity index (χ0) is 18.4. The highest BCUT2D eigenvalue weighted by atomic mass is 79.9. The standard InChI is InChI=1S/C20H24BrN3OS/c1-2-12-24-13-9-16(10-14-24)23-19(25)18-4-3-11-22-20(18)26-17-7-5-15(21)6-8-17/h3-8,11,16H,2,9-10,12-14H2,1H3,(H,23,25). The van der Waals surface area contributed by atoms with Gasteiger partial charge in [-0.1, -0.05) is 34.6 Å². The number of nitrogens with one attached hydrogen (secondary N) is 1. The topological polar surface area (TPSA) is 45.2 Å². The second kappa shape index (κ2) is 9.53. The number of piperidine rings is 1. The highest BCUT2D eigenvalue weighted by Gasteiger charge is 2.22. The van der Waals surface area contributed by atoms with Crippen LogP contribution in [0.1, 0.15) is 36.5 Å². The highest BCUT2D eigenvalue weighted by Crippen LogP contribution is 2.29. The number of likely N-dealkylation sites (tertiary alicyclic amines) is 1. The minimum atomic E-state index is -0.0216. The van der Waals surface area contributed by atoms with E-state index in [2.05, 4.69) is 38.1 Å². The Balaban J connectivity index is 1.63. The molecule has 1 fully saturated rings. The van der Waals surface area contributed by atoms with Crippen molar-refractivity contribution in [3.63, 3.8) is 0 Å². The molecule has 1 aliphatic rings. The number of benzene rings is 1. The van der Waals surface area contributed by atoms with Crippen molar-refractivity contribution in [1.82, 2.24) is 15.2 Å². The fourth-order valence-electron chi connectivity index (χ4n) is 3.14. The summed E-state index contributed by atoms with van der Waals surface area (Å²) in [6.07, 6.45) is 4.95. The molecular weight excluding hydrogens is 410 g/mol. The van der Waals surface area contributed by atoms with Gasteiger partial charge in [0.1, 0.15) is 5.03 Å². The maximum Gasteiger partial charge on any atom is 0.254 e. The first-order chi connectivity index (χ1) is 12.7. The van der Waals surface area contributed by atoms with Crippen molar-refractivity contribution in [3.8, 4) is 0 Å². The number of carbonyl (C=O) groups is 1. The van der Waals surface area contributed by atoms with Crippen LogP contribution >= 0.6 is 27.7 Å². The minimum absolute atomic E-state index is 0.0216. The number of carbonyl (C=O) groups excluding carboxylic acids is 1. The average Bonchev–Trinajstić information content (AvgIpc) is 2.66. The molecule has 0 aliphatic carbocycles. The lowest BCUT2D eigenvalue weighted by Gasteiger charge is -2.32. The third-order valence-electron chi connectivity index (χ3n) is 4.51. The molecule has 1 aromatic carbocycles. The van der Waals surface area contributed by atoms with E-state index in [4.69, 9.17) is 0 Å². The molecule has 1 aromatic heterocycles. The van der Waals surface area contributed by atoms with Crippen molar-refractivity contribution in [3.05, 3.63) is 52.6 Å². The number of pyridine rings is 1. The molecule has 138 valence electrons. The fraction of sp³-hybridized carbons (Fsp3) is 0.400. The van der Waals surface area contributed by atoms with Crippen LogP contribution in [0, 0.1) is 0 Å². The first-order valence-electron chi connectivity index (χ1n) is 9.07. The molecule has 0 radical (unpaired) electrons. The van der Waals surface area contributed by atoms with Crippen LogP contribution in [0.5, 0.6) is 0 Å². The number of aromatic nitrogens is 1. The first-order valence-corrected chi connectivity index (χ1v) is 10.7. The number of amides is 1. The van der Waals surface area contributed by atoms with Gasteiger partial charge in [-0.3, -0.25) is 4.79 Å². The van der Waals surface area contributed by atoms with E-state index in [0.29, 0.717) is 5.56 Å². The van der Waals surface area contributed by atoms with Crippen LogP contribution in [0.4, 0.5) is 0 Å². The summed E-state index contributed by atoms with van der Waals surface area (Å²) in [5.74, 6) is -0.0216. The van der Waals surface area contributed by atoms with Crippen molar-refractivity contribution in [2.45, 2.75) is 42.1 Å². The summed E-state index contributed by atoms with van der Waals surface area (Å²) in [5, 5.41) is 3.95. The van der Waals surface area contributed by atoms with E-state index in [0.717, 1.165) is 46.9 Å². The summed E-state index contributed by atoms with van der Waals surface area (Å²) in [6, 6.07) is 12.0. The van der Waals surface area contributed by atoms with E-state index in [1.807, 2.05) is 36.4 Å². The molecule has 3 rings (SSSR count). The summed E-state index contributed by atoms with van der Waals surface area (Å²) in [7, 11) is 0. The largest absolute Gasteiger partial charge is 0.349 e. The number of hydrogen-bond donors (Lipinski definition) is 1. The van der Waals surface area contributed by atoms with Gasteiger partial charge in [0.15, 0.2) is 0 Å². The van der Waals surface area contributed by atoms with E-state index in [9.17, 15) is 4.79 Å². The lowest BCUT2D eigenvalue weighted by atomic mass is 10.0. The minimum Gasteiger partial charge on any atom is -0.349 e. The van der Waals surface area contributed by atoms with Gasteiger partial charge in [-0.15, -0.1) is 0 Å². The van der Waals surface area contributed by atoms with Crippen molar-refractivity contribution in [2.24, 2.45) is 0 Å². The molecule has 0 saturated carbocycles. The molecule has 1 amide bonds. The maximum absolute atomic E-state index is 12.8. The van der Waals surface area contributed by atoms with Gasteiger partial charge in [0.2, 0.25) is 0 Å². The first kappa shape index (κ1) is 19.4. The van der Waals surface area contributed by atoms with Crippen LogP contribution < -0.4 is 5.32 Å². The Morgan fingerprint density at radius 2 is 2.00 bits per heavy atom.